The van der Waals surface area contributed by atoms with E-state index in [1.807, 2.05) is 54.6 Å². The van der Waals surface area contributed by atoms with Crippen LogP contribution in [0.2, 0.25) is 0 Å². The second kappa shape index (κ2) is 5.52. The third kappa shape index (κ3) is 2.21. The van der Waals surface area contributed by atoms with Crippen molar-refractivity contribution in [2.24, 2.45) is 0 Å². The lowest BCUT2D eigenvalue weighted by atomic mass is 10.00. The molecule has 0 saturated carbocycles. The van der Waals surface area contributed by atoms with Gasteiger partial charge in [-0.15, -0.1) is 0 Å². The van der Waals surface area contributed by atoms with E-state index >= 15 is 0 Å². The summed E-state index contributed by atoms with van der Waals surface area (Å²) in [7, 11) is 0. The van der Waals surface area contributed by atoms with Crippen molar-refractivity contribution in [3.05, 3.63) is 78.1 Å². The topological polar surface area (TPSA) is 38.0 Å². The van der Waals surface area contributed by atoms with Crippen LogP contribution in [0.15, 0.2) is 66.7 Å². The Morgan fingerprint density at radius 1 is 0.957 bits per heavy atom. The molecule has 1 aromatic heterocycles. The number of rotatable bonds is 3. The number of aliphatic hydroxyl groups excluding tert-OH is 1. The van der Waals surface area contributed by atoms with Crippen LogP contribution < -0.4 is 0 Å². The third-order valence-corrected chi connectivity index (χ3v) is 4.36. The van der Waals surface area contributed by atoms with Gasteiger partial charge in [0.2, 0.25) is 0 Å². The fourth-order valence-electron chi connectivity index (χ4n) is 3.26. The van der Waals surface area contributed by atoms with Crippen molar-refractivity contribution in [3.8, 4) is 0 Å². The van der Waals surface area contributed by atoms with Crippen LogP contribution in [0.3, 0.4) is 0 Å². The van der Waals surface area contributed by atoms with Gasteiger partial charge in [-0.25, -0.2) is 4.98 Å². The first-order valence-electron chi connectivity index (χ1n) is 7.90. The minimum atomic E-state index is -0.742. The average Bonchev–Trinajstić information content (AvgIpc) is 2.99. The summed E-state index contributed by atoms with van der Waals surface area (Å²) in [6, 6.07) is 22.2. The molecular formula is C20H18N2O. The normalized spacial score (nSPS) is 12.8. The van der Waals surface area contributed by atoms with Gasteiger partial charge in [-0.1, -0.05) is 54.6 Å². The van der Waals surface area contributed by atoms with Crippen molar-refractivity contribution in [3.63, 3.8) is 0 Å². The van der Waals surface area contributed by atoms with E-state index in [-0.39, 0.29) is 0 Å². The molecule has 0 amide bonds. The molecule has 1 atom stereocenters. The summed E-state index contributed by atoms with van der Waals surface area (Å²) < 4.78 is 2.09. The van der Waals surface area contributed by atoms with Gasteiger partial charge >= 0.3 is 0 Å². The fourth-order valence-corrected chi connectivity index (χ4v) is 3.26. The summed E-state index contributed by atoms with van der Waals surface area (Å²) in [5, 5.41) is 13.2. The van der Waals surface area contributed by atoms with Crippen molar-refractivity contribution in [1.82, 2.24) is 9.55 Å². The van der Waals surface area contributed by atoms with Crippen LogP contribution in [0.25, 0.3) is 21.8 Å². The maximum Gasteiger partial charge on any atom is 0.143 e. The number of nitrogens with zero attached hydrogens (tertiary/aromatic N) is 2. The van der Waals surface area contributed by atoms with Gasteiger partial charge in [-0.2, -0.15) is 0 Å². The molecule has 0 unspecified atom stereocenters. The van der Waals surface area contributed by atoms with Crippen molar-refractivity contribution >= 4 is 21.8 Å². The molecule has 0 bridgehead atoms. The number of aryl methyl sites for hydroxylation is 1. The summed E-state index contributed by atoms with van der Waals surface area (Å²) in [6.07, 6.45) is -0.742. The smallest absolute Gasteiger partial charge is 0.143 e. The lowest BCUT2D eigenvalue weighted by molar-refractivity contribution is 0.207. The van der Waals surface area contributed by atoms with E-state index in [4.69, 9.17) is 0 Å². The first-order chi connectivity index (χ1) is 11.3. The van der Waals surface area contributed by atoms with E-state index < -0.39 is 6.10 Å². The molecule has 1 heterocycles. The standard InChI is InChI=1S/C20H18N2O/c1-2-22-18-13-6-5-12-17(18)21-20(22)19(23)16-11-7-9-14-8-3-4-10-15(14)16/h3-13,19,23H,2H2,1H3/t19-/m1/s1. The fraction of sp³-hybridized carbons (Fsp3) is 0.150. The molecule has 1 N–H and O–H groups in total. The van der Waals surface area contributed by atoms with Crippen molar-refractivity contribution in [2.75, 3.05) is 0 Å². The molecule has 0 radical (unpaired) electrons. The van der Waals surface area contributed by atoms with Crippen LogP contribution in [0.4, 0.5) is 0 Å². The first kappa shape index (κ1) is 14.0. The van der Waals surface area contributed by atoms with E-state index in [0.29, 0.717) is 5.82 Å². The number of para-hydroxylation sites is 2. The van der Waals surface area contributed by atoms with E-state index in [1.165, 1.54) is 0 Å². The summed E-state index contributed by atoms with van der Waals surface area (Å²) in [5.41, 5.74) is 2.88. The SMILES string of the molecule is CCn1c([C@H](O)c2cccc3ccccc23)nc2ccccc21. The molecule has 0 spiro atoms. The first-order valence-corrected chi connectivity index (χ1v) is 7.90. The highest BCUT2D eigenvalue weighted by Gasteiger charge is 2.20. The van der Waals surface area contributed by atoms with E-state index in [1.54, 1.807) is 0 Å². The predicted molar refractivity (Wildman–Crippen MR) is 93.4 cm³/mol. The van der Waals surface area contributed by atoms with Gasteiger partial charge in [-0.3, -0.25) is 0 Å². The molecule has 0 fully saturated rings. The molecule has 3 nitrogen and oxygen atoms in total. The second-order valence-corrected chi connectivity index (χ2v) is 5.67. The Balaban J connectivity index is 1.93. The summed E-state index contributed by atoms with van der Waals surface area (Å²) in [5.74, 6) is 0.699. The molecule has 0 saturated heterocycles. The molecular weight excluding hydrogens is 284 g/mol. The Hall–Kier alpha value is -2.65. The van der Waals surface area contributed by atoms with Crippen LogP contribution in [0, 0.1) is 0 Å². The van der Waals surface area contributed by atoms with Crippen LogP contribution >= 0.6 is 0 Å². The van der Waals surface area contributed by atoms with Gasteiger partial charge in [0, 0.05) is 6.54 Å². The van der Waals surface area contributed by atoms with E-state index in [2.05, 4.69) is 28.6 Å². The Morgan fingerprint density at radius 2 is 1.70 bits per heavy atom. The highest BCUT2D eigenvalue weighted by molar-refractivity contribution is 5.86. The number of hydrogen-bond donors (Lipinski definition) is 1. The van der Waals surface area contributed by atoms with Gasteiger partial charge in [0.05, 0.1) is 11.0 Å². The van der Waals surface area contributed by atoms with Crippen molar-refractivity contribution < 1.29 is 5.11 Å². The summed E-state index contributed by atoms with van der Waals surface area (Å²) >= 11 is 0. The number of imidazole rings is 1. The molecule has 0 aliphatic heterocycles. The Labute approximate surface area is 134 Å². The van der Waals surface area contributed by atoms with E-state index in [0.717, 1.165) is 33.9 Å². The molecule has 4 rings (SSSR count). The Kier molecular flexibility index (Phi) is 3.36. The second-order valence-electron chi connectivity index (χ2n) is 5.67. The monoisotopic (exact) mass is 302 g/mol. The minimum Gasteiger partial charge on any atom is -0.380 e. The zero-order chi connectivity index (χ0) is 15.8. The van der Waals surface area contributed by atoms with Gasteiger partial charge in [0.25, 0.3) is 0 Å². The number of aromatic nitrogens is 2. The molecule has 4 aromatic rings. The highest BCUT2D eigenvalue weighted by Crippen LogP contribution is 2.30. The quantitative estimate of drug-likeness (QED) is 0.613. The number of aliphatic hydroxyl groups is 1. The maximum absolute atomic E-state index is 11.0. The van der Waals surface area contributed by atoms with Gasteiger partial charge < -0.3 is 9.67 Å². The minimum absolute atomic E-state index is 0.699. The van der Waals surface area contributed by atoms with Crippen LogP contribution in [0.5, 0.6) is 0 Å². The van der Waals surface area contributed by atoms with Gasteiger partial charge in [-0.05, 0) is 35.4 Å². The largest absolute Gasteiger partial charge is 0.380 e. The Morgan fingerprint density at radius 3 is 2.57 bits per heavy atom. The molecule has 3 heteroatoms. The Bertz CT molecular complexity index is 982. The van der Waals surface area contributed by atoms with Crippen LogP contribution in [-0.2, 0) is 6.54 Å². The highest BCUT2D eigenvalue weighted by atomic mass is 16.3. The molecule has 114 valence electrons. The number of fused-ring (bicyclic) bond motifs is 2. The van der Waals surface area contributed by atoms with Crippen LogP contribution in [-0.4, -0.2) is 14.7 Å². The van der Waals surface area contributed by atoms with E-state index in [9.17, 15) is 5.11 Å². The third-order valence-electron chi connectivity index (χ3n) is 4.36. The van der Waals surface area contributed by atoms with Gasteiger partial charge in [0.1, 0.15) is 11.9 Å². The lowest BCUT2D eigenvalue weighted by Crippen LogP contribution is -2.09. The average molecular weight is 302 g/mol. The predicted octanol–water partition coefficient (Wildman–Crippen LogP) is 4.29. The van der Waals surface area contributed by atoms with Crippen LogP contribution in [0.1, 0.15) is 24.4 Å². The molecule has 23 heavy (non-hydrogen) atoms. The summed E-state index contributed by atoms with van der Waals surface area (Å²) in [4.78, 5) is 4.68. The van der Waals surface area contributed by atoms with Crippen molar-refractivity contribution in [2.45, 2.75) is 19.6 Å². The molecule has 0 aliphatic rings. The van der Waals surface area contributed by atoms with Crippen molar-refractivity contribution in [1.29, 1.82) is 0 Å². The molecule has 3 aromatic carbocycles. The maximum atomic E-state index is 11.0. The van der Waals surface area contributed by atoms with Gasteiger partial charge in [0.15, 0.2) is 0 Å². The number of hydrogen-bond acceptors (Lipinski definition) is 2. The molecule has 0 aliphatic carbocycles. The number of benzene rings is 3. The lowest BCUT2D eigenvalue weighted by Gasteiger charge is -2.15. The zero-order valence-electron chi connectivity index (χ0n) is 13.0. The summed E-state index contributed by atoms with van der Waals surface area (Å²) in [6.45, 7) is 2.85. The zero-order valence-corrected chi connectivity index (χ0v) is 13.0.